The van der Waals surface area contributed by atoms with E-state index in [1.54, 1.807) is 6.92 Å². The Hall–Kier alpha value is -3.50. The number of thioether (sulfide) groups is 1. The number of hydrogen-bond donors (Lipinski definition) is 1. The van der Waals surface area contributed by atoms with Crippen LogP contribution in [0.3, 0.4) is 0 Å². The maximum absolute atomic E-state index is 13.6. The molecular weight excluding hydrogens is 534 g/mol. The van der Waals surface area contributed by atoms with E-state index in [1.165, 1.54) is 33.7 Å². The van der Waals surface area contributed by atoms with E-state index in [0.717, 1.165) is 42.2 Å². The molecule has 1 saturated heterocycles. The van der Waals surface area contributed by atoms with E-state index >= 15 is 0 Å². The van der Waals surface area contributed by atoms with Crippen LogP contribution in [0.2, 0.25) is 0 Å². The minimum Gasteiger partial charge on any atom is -0.480 e. The van der Waals surface area contributed by atoms with Crippen molar-refractivity contribution < 1.29 is 24.2 Å². The Labute approximate surface area is 236 Å². The third-order valence-corrected chi connectivity index (χ3v) is 8.44. The molecule has 1 aliphatic carbocycles. The third-order valence-electron chi connectivity index (χ3n) is 7.12. The lowest BCUT2D eigenvalue weighted by atomic mass is 9.89. The Balaban J connectivity index is 1.42. The Bertz CT molecular complexity index is 1370. The Morgan fingerprint density at radius 3 is 2.64 bits per heavy atom. The quantitative estimate of drug-likeness (QED) is 0.288. The number of hydrogen-bond acceptors (Lipinski definition) is 8. The van der Waals surface area contributed by atoms with Crippen molar-refractivity contribution in [1.82, 2.24) is 9.91 Å². The van der Waals surface area contributed by atoms with E-state index in [1.807, 2.05) is 36.4 Å². The Morgan fingerprint density at radius 2 is 1.92 bits per heavy atom. The maximum Gasteiger partial charge on any atom is 0.329 e. The number of nitrogens with zero attached hydrogens (tertiary/aromatic N) is 3. The van der Waals surface area contributed by atoms with Crippen molar-refractivity contribution in [2.24, 2.45) is 5.10 Å². The molecule has 3 aliphatic rings. The first-order valence-corrected chi connectivity index (χ1v) is 14.3. The van der Waals surface area contributed by atoms with Crippen LogP contribution in [0.4, 0.5) is 0 Å². The molecular formula is C29H29N3O5S2. The fourth-order valence-electron chi connectivity index (χ4n) is 5.15. The van der Waals surface area contributed by atoms with Gasteiger partial charge in [0.05, 0.1) is 17.2 Å². The van der Waals surface area contributed by atoms with Gasteiger partial charge in [-0.05, 0) is 60.9 Å². The molecule has 2 aliphatic heterocycles. The molecule has 0 aromatic heterocycles. The van der Waals surface area contributed by atoms with Gasteiger partial charge in [-0.1, -0.05) is 66.4 Å². The molecule has 0 bridgehead atoms. The number of aliphatic carboxylic acids is 1. The molecule has 0 saturated carbocycles. The number of hydrazone groups is 1. The zero-order valence-electron chi connectivity index (χ0n) is 21.5. The summed E-state index contributed by atoms with van der Waals surface area (Å²) in [6.07, 6.45) is 6.29. The molecule has 8 nitrogen and oxygen atoms in total. The lowest BCUT2D eigenvalue weighted by molar-refractivity contribution is -0.150. The van der Waals surface area contributed by atoms with Gasteiger partial charge in [-0.15, -0.1) is 0 Å². The molecule has 5 rings (SSSR count). The van der Waals surface area contributed by atoms with Gasteiger partial charge in [0.25, 0.3) is 5.91 Å². The summed E-state index contributed by atoms with van der Waals surface area (Å²) in [7, 11) is 0. The van der Waals surface area contributed by atoms with Crippen LogP contribution in [-0.4, -0.2) is 61.6 Å². The third kappa shape index (κ3) is 5.77. The monoisotopic (exact) mass is 563 g/mol. The van der Waals surface area contributed by atoms with Gasteiger partial charge in [0, 0.05) is 19.0 Å². The van der Waals surface area contributed by atoms with E-state index in [9.17, 15) is 19.5 Å². The van der Waals surface area contributed by atoms with Crippen LogP contribution in [0.5, 0.6) is 0 Å². The van der Waals surface area contributed by atoms with Crippen LogP contribution >= 0.6 is 24.0 Å². The molecule has 2 aromatic rings. The molecule has 39 heavy (non-hydrogen) atoms. The number of carbonyl (C=O) groups is 3. The van der Waals surface area contributed by atoms with E-state index in [-0.39, 0.29) is 28.7 Å². The molecule has 0 radical (unpaired) electrons. The van der Waals surface area contributed by atoms with Crippen molar-refractivity contribution in [3.8, 4) is 0 Å². The summed E-state index contributed by atoms with van der Waals surface area (Å²) in [6.45, 7) is 1.88. The number of carboxylic acids is 1. The number of amides is 1. The molecule has 0 unspecified atom stereocenters. The number of ether oxygens (including phenoxy) is 1. The van der Waals surface area contributed by atoms with Crippen LogP contribution in [0.15, 0.2) is 64.7 Å². The fourth-order valence-corrected chi connectivity index (χ4v) is 6.47. The van der Waals surface area contributed by atoms with E-state index in [4.69, 9.17) is 17.0 Å². The summed E-state index contributed by atoms with van der Waals surface area (Å²) < 4.78 is 5.49. The van der Waals surface area contributed by atoms with Gasteiger partial charge in [0.1, 0.15) is 10.4 Å². The first-order chi connectivity index (χ1) is 18.9. The normalized spacial score (nSPS) is 20.7. The molecule has 2 heterocycles. The lowest BCUT2D eigenvalue weighted by Gasteiger charge is -2.25. The average Bonchev–Trinajstić information content (AvgIpc) is 3.48. The van der Waals surface area contributed by atoms with Gasteiger partial charge >= 0.3 is 11.9 Å². The predicted molar refractivity (Wildman–Crippen MR) is 153 cm³/mol. The summed E-state index contributed by atoms with van der Waals surface area (Å²) in [5.74, 6) is -2.05. The van der Waals surface area contributed by atoms with Crippen LogP contribution < -0.4 is 0 Å². The van der Waals surface area contributed by atoms with Gasteiger partial charge < -0.3 is 9.84 Å². The number of benzene rings is 2. The molecule has 2 aromatic carbocycles. The fraction of sp³-hybridized carbons (Fsp3) is 0.345. The number of fused-ring (bicyclic) bond motifs is 1. The Morgan fingerprint density at radius 1 is 1.18 bits per heavy atom. The largest absolute Gasteiger partial charge is 0.480 e. The van der Waals surface area contributed by atoms with Crippen molar-refractivity contribution in [2.75, 3.05) is 6.61 Å². The molecule has 1 fully saturated rings. The van der Waals surface area contributed by atoms with E-state index < -0.39 is 29.9 Å². The van der Waals surface area contributed by atoms with Crippen molar-refractivity contribution in [3.05, 3.63) is 81.9 Å². The van der Waals surface area contributed by atoms with Crippen LogP contribution in [0.25, 0.3) is 0 Å². The second kappa shape index (κ2) is 11.7. The first-order valence-electron chi connectivity index (χ1n) is 13.0. The number of esters is 1. The van der Waals surface area contributed by atoms with Crippen molar-refractivity contribution >= 4 is 51.9 Å². The summed E-state index contributed by atoms with van der Waals surface area (Å²) in [6, 6.07) is 13.7. The van der Waals surface area contributed by atoms with Crippen LogP contribution in [-0.2, 0) is 38.4 Å². The minimum atomic E-state index is -1.04. The highest BCUT2D eigenvalue weighted by atomic mass is 32.2. The zero-order chi connectivity index (χ0) is 27.5. The van der Waals surface area contributed by atoms with Gasteiger partial charge in [0.15, 0.2) is 6.04 Å². The summed E-state index contributed by atoms with van der Waals surface area (Å²) in [5, 5.41) is 15.9. The van der Waals surface area contributed by atoms with E-state index in [0.29, 0.717) is 5.71 Å². The van der Waals surface area contributed by atoms with Crippen molar-refractivity contribution in [1.29, 1.82) is 0 Å². The van der Waals surface area contributed by atoms with Gasteiger partial charge in [-0.25, -0.2) is 9.59 Å². The number of carbonyl (C=O) groups excluding carboxylic acids is 2. The predicted octanol–water partition coefficient (Wildman–Crippen LogP) is 4.30. The van der Waals surface area contributed by atoms with Gasteiger partial charge in [0.2, 0.25) is 0 Å². The SMILES string of the molecule is CCOC(=O)[C@@H](Cc1ccccc1)N1C(=O)/C(=C/N2N=C(c3ccc4c(c3)CCCC4)C[C@@H]2C(=O)O)SC1=S. The van der Waals surface area contributed by atoms with Crippen molar-refractivity contribution in [3.63, 3.8) is 0 Å². The highest BCUT2D eigenvalue weighted by Crippen LogP contribution is 2.35. The molecule has 1 N–H and O–H groups in total. The van der Waals surface area contributed by atoms with Gasteiger partial charge in [-0.3, -0.25) is 14.7 Å². The highest BCUT2D eigenvalue weighted by Gasteiger charge is 2.42. The highest BCUT2D eigenvalue weighted by molar-refractivity contribution is 8.26. The molecule has 2 atom stereocenters. The number of carboxylic acid groups (broad SMARTS) is 1. The minimum absolute atomic E-state index is 0.170. The van der Waals surface area contributed by atoms with Gasteiger partial charge in [-0.2, -0.15) is 5.10 Å². The molecule has 10 heteroatoms. The standard InChI is InChI=1S/C29H29N3O5S2/c1-2-37-28(36)24(14-18-8-4-3-5-9-18)32-26(33)25(39-29(32)38)17-31-23(27(34)35)16-22(30-31)21-13-12-19-10-6-7-11-20(19)15-21/h3-5,8-9,12-13,15,17,23-24H,2,6-7,10-11,14,16H2,1H3,(H,34,35)/b25-17-/t23-,24-/m1/s1. The second-order valence-corrected chi connectivity index (χ2v) is 11.3. The Kier molecular flexibility index (Phi) is 8.13. The summed E-state index contributed by atoms with van der Waals surface area (Å²) in [5.41, 5.74) is 5.05. The van der Waals surface area contributed by atoms with Crippen LogP contribution in [0.1, 0.15) is 48.4 Å². The number of thiocarbonyl (C=S) groups is 1. The second-order valence-electron chi connectivity index (χ2n) is 9.67. The lowest BCUT2D eigenvalue weighted by Crippen LogP contribution is -2.46. The topological polar surface area (TPSA) is 99.5 Å². The summed E-state index contributed by atoms with van der Waals surface area (Å²) >= 11 is 6.55. The average molecular weight is 564 g/mol. The summed E-state index contributed by atoms with van der Waals surface area (Å²) in [4.78, 5) is 40.1. The molecule has 202 valence electrons. The first kappa shape index (κ1) is 27.1. The van der Waals surface area contributed by atoms with E-state index in [2.05, 4.69) is 17.2 Å². The zero-order valence-corrected chi connectivity index (χ0v) is 23.2. The van der Waals surface area contributed by atoms with Crippen LogP contribution in [0, 0.1) is 0 Å². The molecule has 0 spiro atoms. The maximum atomic E-state index is 13.6. The smallest absolute Gasteiger partial charge is 0.329 e. The molecule has 1 amide bonds. The van der Waals surface area contributed by atoms with Crippen molar-refractivity contribution in [2.45, 2.75) is 57.5 Å². The number of rotatable bonds is 8. The number of aryl methyl sites for hydroxylation is 2.